The Morgan fingerprint density at radius 3 is 1.23 bits per heavy atom. The molecule has 0 N–H and O–H groups in total. The van der Waals surface area contributed by atoms with Gasteiger partial charge in [-0.1, -0.05) is 13.8 Å². The van der Waals surface area contributed by atoms with Crippen molar-refractivity contribution in [3.63, 3.8) is 0 Å². The molecule has 0 amide bonds. The van der Waals surface area contributed by atoms with Crippen molar-refractivity contribution in [1.29, 1.82) is 0 Å². The zero-order valence-electron chi connectivity index (χ0n) is 17.9. The van der Waals surface area contributed by atoms with Crippen LogP contribution in [0.2, 0.25) is 0 Å². The van der Waals surface area contributed by atoms with Gasteiger partial charge in [-0.15, -0.1) is 0 Å². The minimum atomic E-state index is -0.329. The number of hydrogen-bond acceptors (Lipinski definition) is 6. The molecular formula is C19H35N5O2. The van der Waals surface area contributed by atoms with E-state index in [0.29, 0.717) is 17.5 Å². The predicted octanol–water partition coefficient (Wildman–Crippen LogP) is 4.75. The van der Waals surface area contributed by atoms with Gasteiger partial charge in [0.2, 0.25) is 11.6 Å². The summed E-state index contributed by atoms with van der Waals surface area (Å²) in [6.45, 7) is 20.3. The lowest BCUT2D eigenvalue weighted by Crippen LogP contribution is -2.41. The van der Waals surface area contributed by atoms with Crippen LogP contribution in [-0.4, -0.2) is 39.1 Å². The maximum absolute atomic E-state index is 12.1. The van der Waals surface area contributed by atoms with Crippen LogP contribution >= 0.6 is 0 Å². The van der Waals surface area contributed by atoms with Crippen LogP contribution in [0.25, 0.3) is 0 Å². The van der Waals surface area contributed by atoms with Crippen LogP contribution in [0.15, 0.2) is 0 Å². The molecule has 1 aromatic rings. The third-order valence-electron chi connectivity index (χ3n) is 4.28. The highest BCUT2D eigenvalue weighted by Crippen LogP contribution is 2.39. The number of nitro groups is 1. The molecule has 0 unspecified atom stereocenters. The lowest BCUT2D eigenvalue weighted by molar-refractivity contribution is -0.383. The molecule has 7 nitrogen and oxygen atoms in total. The van der Waals surface area contributed by atoms with E-state index >= 15 is 0 Å². The average molecular weight is 366 g/mol. The Bertz CT molecular complexity index is 569. The van der Waals surface area contributed by atoms with E-state index in [1.807, 2.05) is 79.0 Å². The smallest absolute Gasteiger partial charge is 0.346 e. The first-order valence-electron chi connectivity index (χ1n) is 9.53. The molecule has 0 aliphatic heterocycles. The van der Waals surface area contributed by atoms with Gasteiger partial charge in [-0.3, -0.25) is 10.1 Å². The van der Waals surface area contributed by atoms with Gasteiger partial charge < -0.3 is 9.80 Å². The molecule has 0 spiro atoms. The Kier molecular flexibility index (Phi) is 7.35. The lowest BCUT2D eigenvalue weighted by Gasteiger charge is -2.35. The normalized spacial score (nSPS) is 12.0. The van der Waals surface area contributed by atoms with Crippen LogP contribution in [-0.2, 0) is 0 Å². The zero-order chi connectivity index (χ0) is 20.3. The summed E-state index contributed by atoms with van der Waals surface area (Å²) in [6.07, 6.45) is 0. The Labute approximate surface area is 158 Å². The predicted molar refractivity (Wildman–Crippen MR) is 108 cm³/mol. The second-order valence-corrected chi connectivity index (χ2v) is 8.18. The first-order valence-corrected chi connectivity index (χ1v) is 9.53. The summed E-state index contributed by atoms with van der Waals surface area (Å²) in [6, 6.07) is 0.344. The Hall–Kier alpha value is -1.92. The highest BCUT2D eigenvalue weighted by Gasteiger charge is 2.35. The molecule has 0 atom stereocenters. The van der Waals surface area contributed by atoms with Crippen molar-refractivity contribution in [2.24, 2.45) is 0 Å². The number of nitrogens with zero attached hydrogens (tertiary/aromatic N) is 5. The van der Waals surface area contributed by atoms with Gasteiger partial charge in [0.15, 0.2) is 0 Å². The summed E-state index contributed by atoms with van der Waals surface area (Å²) in [5, 5.41) is 12.1. The number of hydrogen-bond donors (Lipinski definition) is 0. The van der Waals surface area contributed by atoms with E-state index in [2.05, 4.69) is 9.97 Å². The molecule has 0 saturated heterocycles. The minimum absolute atomic E-state index is 0.000741. The van der Waals surface area contributed by atoms with Crippen molar-refractivity contribution in [1.82, 2.24) is 9.97 Å². The summed E-state index contributed by atoms with van der Waals surface area (Å²) in [5.41, 5.74) is -0.000741. The van der Waals surface area contributed by atoms with Gasteiger partial charge in [0.05, 0.1) is 4.92 Å². The molecule has 148 valence electrons. The molecular weight excluding hydrogens is 330 g/mol. The Morgan fingerprint density at radius 2 is 1.04 bits per heavy atom. The highest BCUT2D eigenvalue weighted by atomic mass is 16.6. The largest absolute Gasteiger partial charge is 0.353 e. The number of rotatable bonds is 8. The van der Waals surface area contributed by atoms with Crippen LogP contribution < -0.4 is 9.80 Å². The van der Waals surface area contributed by atoms with E-state index in [9.17, 15) is 10.1 Å². The van der Waals surface area contributed by atoms with E-state index in [4.69, 9.17) is 0 Å². The van der Waals surface area contributed by atoms with Gasteiger partial charge >= 0.3 is 5.69 Å². The van der Waals surface area contributed by atoms with Crippen molar-refractivity contribution in [2.75, 3.05) is 9.80 Å². The minimum Gasteiger partial charge on any atom is -0.346 e. The van der Waals surface area contributed by atoms with Crippen LogP contribution in [0.5, 0.6) is 0 Å². The van der Waals surface area contributed by atoms with Crippen LogP contribution in [0.1, 0.15) is 81.0 Å². The number of anilines is 2. The van der Waals surface area contributed by atoms with Gasteiger partial charge in [-0.25, -0.2) is 9.97 Å². The third kappa shape index (κ3) is 4.62. The van der Waals surface area contributed by atoms with Crippen molar-refractivity contribution in [3.05, 3.63) is 15.9 Å². The standard InChI is InChI=1S/C19H35N5O2/c1-11(2)17-20-18(22(12(3)4)13(5)6)16(24(25)26)19(21-17)23(14(7)8)15(9)10/h11-15H,1-10H3. The van der Waals surface area contributed by atoms with Crippen molar-refractivity contribution in [2.45, 2.75) is 99.3 Å². The first kappa shape index (κ1) is 22.1. The van der Waals surface area contributed by atoms with Crippen LogP contribution in [0.3, 0.4) is 0 Å². The Morgan fingerprint density at radius 1 is 0.731 bits per heavy atom. The maximum atomic E-state index is 12.1. The molecule has 0 aliphatic carbocycles. The van der Waals surface area contributed by atoms with E-state index in [0.717, 1.165) is 0 Å². The van der Waals surface area contributed by atoms with Gasteiger partial charge in [0.25, 0.3) is 0 Å². The summed E-state index contributed by atoms with van der Waals surface area (Å²) >= 11 is 0. The molecule has 26 heavy (non-hydrogen) atoms. The maximum Gasteiger partial charge on any atom is 0.353 e. The van der Waals surface area contributed by atoms with E-state index in [1.165, 1.54) is 0 Å². The van der Waals surface area contributed by atoms with Gasteiger partial charge in [-0.05, 0) is 55.4 Å². The third-order valence-corrected chi connectivity index (χ3v) is 4.28. The fourth-order valence-electron chi connectivity index (χ4n) is 3.40. The molecule has 7 heteroatoms. The average Bonchev–Trinajstić information content (AvgIpc) is 2.44. The van der Waals surface area contributed by atoms with Gasteiger partial charge in [0, 0.05) is 30.1 Å². The molecule has 1 heterocycles. The van der Waals surface area contributed by atoms with E-state index < -0.39 is 0 Å². The monoisotopic (exact) mass is 365 g/mol. The highest BCUT2D eigenvalue weighted by molar-refractivity contribution is 5.73. The molecule has 0 aromatic carbocycles. The molecule has 0 bridgehead atoms. The summed E-state index contributed by atoms with van der Waals surface area (Å²) in [7, 11) is 0. The molecule has 1 aromatic heterocycles. The SMILES string of the molecule is CC(C)c1nc(N(C(C)C)C(C)C)c([N+](=O)[O-])c(N(C(C)C)C(C)C)n1. The van der Waals surface area contributed by atoms with Gasteiger partial charge in [0.1, 0.15) is 5.82 Å². The van der Waals surface area contributed by atoms with E-state index in [1.54, 1.807) is 0 Å². The zero-order valence-corrected chi connectivity index (χ0v) is 17.9. The molecule has 0 aliphatic rings. The summed E-state index contributed by atoms with van der Waals surface area (Å²) < 4.78 is 0. The quantitative estimate of drug-likeness (QED) is 0.488. The van der Waals surface area contributed by atoms with Crippen molar-refractivity contribution in [3.8, 4) is 0 Å². The molecule has 0 saturated carbocycles. The Balaban J connectivity index is 3.92. The van der Waals surface area contributed by atoms with Crippen molar-refractivity contribution < 1.29 is 4.92 Å². The lowest BCUT2D eigenvalue weighted by atomic mass is 10.1. The summed E-state index contributed by atoms with van der Waals surface area (Å²) in [4.78, 5) is 25.1. The molecule has 0 fully saturated rings. The second-order valence-electron chi connectivity index (χ2n) is 8.18. The summed E-state index contributed by atoms with van der Waals surface area (Å²) in [5.74, 6) is 1.55. The molecule has 1 rings (SSSR count). The fraction of sp³-hybridized carbons (Fsp3) is 0.789. The van der Waals surface area contributed by atoms with Crippen molar-refractivity contribution >= 4 is 17.3 Å². The van der Waals surface area contributed by atoms with Crippen LogP contribution in [0.4, 0.5) is 17.3 Å². The topological polar surface area (TPSA) is 75.4 Å². The second kappa shape index (κ2) is 8.64. The van der Waals surface area contributed by atoms with Gasteiger partial charge in [-0.2, -0.15) is 0 Å². The first-order chi connectivity index (χ1) is 11.9. The number of aromatic nitrogens is 2. The van der Waals surface area contributed by atoms with E-state index in [-0.39, 0.29) is 40.7 Å². The van der Waals surface area contributed by atoms with Crippen LogP contribution in [0, 0.1) is 10.1 Å². The fourth-order valence-corrected chi connectivity index (χ4v) is 3.40. The molecule has 0 radical (unpaired) electrons.